The van der Waals surface area contributed by atoms with Gasteiger partial charge in [-0.2, -0.15) is 0 Å². The van der Waals surface area contributed by atoms with Gasteiger partial charge in [0.15, 0.2) is 23.0 Å². The Hall–Kier alpha value is -2.56. The predicted octanol–water partition coefficient (Wildman–Crippen LogP) is 3.00. The number of phenols is 1. The van der Waals surface area contributed by atoms with Crippen molar-refractivity contribution in [2.75, 3.05) is 21.3 Å². The molecule has 1 N–H and O–H groups in total. The van der Waals surface area contributed by atoms with E-state index in [0.29, 0.717) is 29.6 Å². The summed E-state index contributed by atoms with van der Waals surface area (Å²) in [6.07, 6.45) is 0. The first-order chi connectivity index (χ1) is 10.2. The van der Waals surface area contributed by atoms with E-state index in [0.717, 1.165) is 5.56 Å². The second-order valence-electron chi connectivity index (χ2n) is 4.29. The molecule has 5 heteroatoms. The zero-order valence-electron chi connectivity index (χ0n) is 12.3. The molecule has 0 atom stereocenters. The summed E-state index contributed by atoms with van der Waals surface area (Å²) < 4.78 is 21.2. The van der Waals surface area contributed by atoms with Crippen LogP contribution in [0.5, 0.6) is 28.7 Å². The lowest BCUT2D eigenvalue weighted by Crippen LogP contribution is -1.99. The second kappa shape index (κ2) is 6.74. The number of methoxy groups -OCH3 is 3. The molecule has 2 aromatic carbocycles. The van der Waals surface area contributed by atoms with E-state index in [1.54, 1.807) is 19.2 Å². The van der Waals surface area contributed by atoms with Crippen molar-refractivity contribution < 1.29 is 24.1 Å². The molecule has 21 heavy (non-hydrogen) atoms. The highest BCUT2D eigenvalue weighted by Crippen LogP contribution is 2.37. The zero-order valence-corrected chi connectivity index (χ0v) is 12.3. The van der Waals surface area contributed by atoms with E-state index in [-0.39, 0.29) is 5.75 Å². The highest BCUT2D eigenvalue weighted by atomic mass is 16.5. The lowest BCUT2D eigenvalue weighted by Gasteiger charge is -2.13. The standard InChI is InChI=1S/C16H18O5/c1-18-12-6-4-5-7-13(12)21-10-11-8-14(19-2)16(17)15(9-11)20-3/h4-9,17H,10H2,1-3H3. The van der Waals surface area contributed by atoms with Crippen LogP contribution in [0, 0.1) is 0 Å². The SMILES string of the molecule is COc1ccccc1OCc1cc(OC)c(O)c(OC)c1. The molecule has 0 heterocycles. The minimum Gasteiger partial charge on any atom is -0.502 e. The molecule has 0 unspecified atom stereocenters. The highest BCUT2D eigenvalue weighted by Gasteiger charge is 2.12. The van der Waals surface area contributed by atoms with Crippen LogP contribution in [0.4, 0.5) is 0 Å². The van der Waals surface area contributed by atoms with Gasteiger partial charge < -0.3 is 24.1 Å². The van der Waals surface area contributed by atoms with Crippen molar-refractivity contribution in [1.82, 2.24) is 0 Å². The molecule has 0 spiro atoms. The Bertz CT molecular complexity index is 584. The van der Waals surface area contributed by atoms with Crippen molar-refractivity contribution >= 4 is 0 Å². The summed E-state index contributed by atoms with van der Waals surface area (Å²) in [6, 6.07) is 10.8. The van der Waals surface area contributed by atoms with Gasteiger partial charge in [0.05, 0.1) is 21.3 Å². The number of hydrogen-bond acceptors (Lipinski definition) is 5. The van der Waals surface area contributed by atoms with Crippen molar-refractivity contribution in [2.24, 2.45) is 0 Å². The first-order valence-corrected chi connectivity index (χ1v) is 6.39. The van der Waals surface area contributed by atoms with Crippen LogP contribution in [0.15, 0.2) is 36.4 Å². The minimum atomic E-state index is -0.0268. The van der Waals surface area contributed by atoms with Crippen LogP contribution in [0.2, 0.25) is 0 Å². The van der Waals surface area contributed by atoms with E-state index in [1.165, 1.54) is 14.2 Å². The molecule has 0 radical (unpaired) electrons. The smallest absolute Gasteiger partial charge is 0.200 e. The van der Waals surface area contributed by atoms with Gasteiger partial charge in [0, 0.05) is 0 Å². The summed E-state index contributed by atoms with van der Waals surface area (Å²) in [5.74, 6) is 1.96. The van der Waals surface area contributed by atoms with E-state index >= 15 is 0 Å². The molecule has 0 fully saturated rings. The Morgan fingerprint density at radius 3 is 1.86 bits per heavy atom. The first kappa shape index (κ1) is 14.8. The van der Waals surface area contributed by atoms with E-state index in [1.807, 2.05) is 24.3 Å². The van der Waals surface area contributed by atoms with Gasteiger partial charge in [-0.1, -0.05) is 12.1 Å². The van der Waals surface area contributed by atoms with Gasteiger partial charge in [0.25, 0.3) is 0 Å². The van der Waals surface area contributed by atoms with Gasteiger partial charge in [-0.05, 0) is 29.8 Å². The first-order valence-electron chi connectivity index (χ1n) is 6.39. The normalized spacial score (nSPS) is 10.0. The van der Waals surface area contributed by atoms with Crippen molar-refractivity contribution in [2.45, 2.75) is 6.61 Å². The maximum Gasteiger partial charge on any atom is 0.200 e. The molecule has 0 saturated carbocycles. The van der Waals surface area contributed by atoms with Crippen molar-refractivity contribution in [3.8, 4) is 28.7 Å². The summed E-state index contributed by atoms with van der Waals surface area (Å²) in [6.45, 7) is 0.299. The van der Waals surface area contributed by atoms with Crippen LogP contribution in [-0.2, 0) is 6.61 Å². The van der Waals surface area contributed by atoms with Crippen molar-refractivity contribution in [3.05, 3.63) is 42.0 Å². The molecule has 112 valence electrons. The number of rotatable bonds is 6. The number of ether oxygens (including phenoxy) is 4. The quantitative estimate of drug-likeness (QED) is 0.886. The molecule has 0 saturated heterocycles. The van der Waals surface area contributed by atoms with E-state index < -0.39 is 0 Å². The summed E-state index contributed by atoms with van der Waals surface area (Å²) in [4.78, 5) is 0. The third-order valence-corrected chi connectivity index (χ3v) is 3.00. The molecule has 0 aliphatic carbocycles. The molecular weight excluding hydrogens is 272 g/mol. The summed E-state index contributed by atoms with van der Waals surface area (Å²) >= 11 is 0. The van der Waals surface area contributed by atoms with E-state index in [9.17, 15) is 5.11 Å². The lowest BCUT2D eigenvalue weighted by molar-refractivity contribution is 0.281. The zero-order chi connectivity index (χ0) is 15.2. The van der Waals surface area contributed by atoms with Gasteiger partial charge in [0.1, 0.15) is 6.61 Å². The number of benzene rings is 2. The molecule has 0 bridgehead atoms. The molecule has 0 amide bonds. The third-order valence-electron chi connectivity index (χ3n) is 3.00. The van der Waals surface area contributed by atoms with Crippen LogP contribution in [-0.4, -0.2) is 26.4 Å². The summed E-state index contributed by atoms with van der Waals surface area (Å²) in [5, 5.41) is 9.87. The topological polar surface area (TPSA) is 57.2 Å². The molecular formula is C16H18O5. The average molecular weight is 290 g/mol. The molecule has 0 aromatic heterocycles. The van der Waals surface area contributed by atoms with Gasteiger partial charge in [-0.25, -0.2) is 0 Å². The maximum atomic E-state index is 9.87. The Morgan fingerprint density at radius 1 is 0.810 bits per heavy atom. The van der Waals surface area contributed by atoms with Crippen molar-refractivity contribution in [3.63, 3.8) is 0 Å². The Labute approximate surface area is 123 Å². The second-order valence-corrected chi connectivity index (χ2v) is 4.29. The van der Waals surface area contributed by atoms with Gasteiger partial charge in [-0.3, -0.25) is 0 Å². The van der Waals surface area contributed by atoms with E-state index in [4.69, 9.17) is 18.9 Å². The van der Waals surface area contributed by atoms with Crippen molar-refractivity contribution in [1.29, 1.82) is 0 Å². The summed E-state index contributed by atoms with van der Waals surface area (Å²) in [7, 11) is 4.56. The number of hydrogen-bond donors (Lipinski definition) is 1. The Morgan fingerprint density at radius 2 is 1.33 bits per heavy atom. The maximum absolute atomic E-state index is 9.87. The molecule has 5 nitrogen and oxygen atoms in total. The third kappa shape index (κ3) is 3.31. The van der Waals surface area contributed by atoms with Crippen LogP contribution >= 0.6 is 0 Å². The molecule has 2 rings (SSSR count). The Balaban J connectivity index is 2.20. The van der Waals surface area contributed by atoms with Crippen LogP contribution < -0.4 is 18.9 Å². The van der Waals surface area contributed by atoms with Gasteiger partial charge in [0.2, 0.25) is 5.75 Å². The summed E-state index contributed by atoms with van der Waals surface area (Å²) in [5.41, 5.74) is 0.812. The Kier molecular flexibility index (Phi) is 4.77. The molecule has 2 aromatic rings. The minimum absolute atomic E-state index is 0.0268. The average Bonchev–Trinajstić information content (AvgIpc) is 2.54. The van der Waals surface area contributed by atoms with Gasteiger partial charge in [-0.15, -0.1) is 0 Å². The monoisotopic (exact) mass is 290 g/mol. The molecule has 0 aliphatic heterocycles. The van der Waals surface area contributed by atoms with E-state index in [2.05, 4.69) is 0 Å². The fourth-order valence-electron chi connectivity index (χ4n) is 1.93. The highest BCUT2D eigenvalue weighted by molar-refractivity contribution is 5.52. The van der Waals surface area contributed by atoms with Crippen LogP contribution in [0.25, 0.3) is 0 Å². The largest absolute Gasteiger partial charge is 0.502 e. The molecule has 0 aliphatic rings. The predicted molar refractivity (Wildman–Crippen MR) is 78.5 cm³/mol. The van der Waals surface area contributed by atoms with Crippen LogP contribution in [0.3, 0.4) is 0 Å². The number of aromatic hydroxyl groups is 1. The fraction of sp³-hybridized carbons (Fsp3) is 0.250. The van der Waals surface area contributed by atoms with Crippen LogP contribution in [0.1, 0.15) is 5.56 Å². The lowest BCUT2D eigenvalue weighted by atomic mass is 10.2. The number of phenolic OH excluding ortho intramolecular Hbond substituents is 1. The fourth-order valence-corrected chi connectivity index (χ4v) is 1.93. The van der Waals surface area contributed by atoms with Gasteiger partial charge >= 0.3 is 0 Å². The number of para-hydroxylation sites is 2.